The lowest BCUT2D eigenvalue weighted by atomic mass is 10.2. The summed E-state index contributed by atoms with van der Waals surface area (Å²) in [6, 6.07) is 2.56. The molecule has 1 aromatic heterocycles. The molecule has 0 saturated heterocycles. The second-order valence-electron chi connectivity index (χ2n) is 5.04. The maximum atomic E-state index is 5.30. The highest BCUT2D eigenvalue weighted by Crippen LogP contribution is 2.40. The van der Waals surface area contributed by atoms with E-state index in [1.807, 2.05) is 0 Å². The van der Waals surface area contributed by atoms with E-state index in [1.165, 1.54) is 12.8 Å². The van der Waals surface area contributed by atoms with Gasteiger partial charge in [0.15, 0.2) is 0 Å². The van der Waals surface area contributed by atoms with Gasteiger partial charge >= 0.3 is 0 Å². The normalized spacial score (nSPS) is 18.0. The fraction of sp³-hybridized carbons (Fsp3) is 0.750. The van der Waals surface area contributed by atoms with Gasteiger partial charge < -0.3 is 14.7 Å². The van der Waals surface area contributed by atoms with Crippen molar-refractivity contribution in [3.63, 3.8) is 0 Å². The molecule has 1 N–H and O–H groups in total. The average molecular weight is 223 g/mol. The SMILES string of the molecule is CC(CN(C)C)NCc1cc(C2CC2)on1. The molecular formula is C12H21N3O. The number of rotatable bonds is 6. The Morgan fingerprint density at radius 2 is 2.31 bits per heavy atom. The van der Waals surface area contributed by atoms with Crippen molar-refractivity contribution in [1.82, 2.24) is 15.4 Å². The van der Waals surface area contributed by atoms with Gasteiger partial charge in [0.05, 0.1) is 5.69 Å². The third kappa shape index (κ3) is 3.32. The zero-order valence-corrected chi connectivity index (χ0v) is 10.4. The van der Waals surface area contributed by atoms with E-state index in [1.54, 1.807) is 0 Å². The van der Waals surface area contributed by atoms with Crippen LogP contribution in [0.15, 0.2) is 10.6 Å². The zero-order chi connectivity index (χ0) is 11.5. The van der Waals surface area contributed by atoms with Crippen LogP contribution in [-0.4, -0.2) is 36.7 Å². The summed E-state index contributed by atoms with van der Waals surface area (Å²) in [6.45, 7) is 4.01. The molecule has 1 aliphatic rings. The average Bonchev–Trinajstić information content (AvgIpc) is 2.94. The van der Waals surface area contributed by atoms with Gasteiger partial charge in [-0.25, -0.2) is 0 Å². The summed E-state index contributed by atoms with van der Waals surface area (Å²) in [5.74, 6) is 1.72. The molecule has 4 nitrogen and oxygen atoms in total. The van der Waals surface area contributed by atoms with E-state index in [2.05, 4.69) is 42.5 Å². The summed E-state index contributed by atoms with van der Waals surface area (Å²) in [4.78, 5) is 2.18. The predicted molar refractivity (Wildman–Crippen MR) is 63.3 cm³/mol. The number of hydrogen-bond donors (Lipinski definition) is 1. The Labute approximate surface area is 97.0 Å². The molecule has 0 spiro atoms. The van der Waals surface area contributed by atoms with Gasteiger partial charge in [-0.2, -0.15) is 0 Å². The van der Waals surface area contributed by atoms with Crippen LogP contribution in [0, 0.1) is 0 Å². The fourth-order valence-corrected chi connectivity index (χ4v) is 1.86. The lowest BCUT2D eigenvalue weighted by molar-refractivity contribution is 0.342. The summed E-state index contributed by atoms with van der Waals surface area (Å²) in [5.41, 5.74) is 1.02. The van der Waals surface area contributed by atoms with Crippen molar-refractivity contribution in [3.05, 3.63) is 17.5 Å². The fourth-order valence-electron chi connectivity index (χ4n) is 1.86. The Kier molecular flexibility index (Phi) is 3.61. The molecule has 0 bridgehead atoms. The first kappa shape index (κ1) is 11.6. The smallest absolute Gasteiger partial charge is 0.140 e. The third-order valence-corrected chi connectivity index (χ3v) is 2.83. The Morgan fingerprint density at radius 3 is 2.94 bits per heavy atom. The molecule has 0 aromatic carbocycles. The van der Waals surface area contributed by atoms with Gasteiger partial charge in [0, 0.05) is 31.1 Å². The summed E-state index contributed by atoms with van der Waals surface area (Å²) in [6.07, 6.45) is 2.53. The molecule has 1 aromatic rings. The lowest BCUT2D eigenvalue weighted by Crippen LogP contribution is -2.35. The molecule has 0 aliphatic heterocycles. The van der Waals surface area contributed by atoms with Crippen LogP contribution >= 0.6 is 0 Å². The van der Waals surface area contributed by atoms with Crippen LogP contribution in [0.1, 0.15) is 37.1 Å². The Bertz CT molecular complexity index is 331. The van der Waals surface area contributed by atoms with Crippen molar-refractivity contribution in [2.24, 2.45) is 0 Å². The molecular weight excluding hydrogens is 202 g/mol. The molecule has 1 fully saturated rings. The Balaban J connectivity index is 1.75. The molecule has 0 amide bonds. The summed E-state index contributed by atoms with van der Waals surface area (Å²) in [5, 5.41) is 7.52. The monoisotopic (exact) mass is 223 g/mol. The van der Waals surface area contributed by atoms with Gasteiger partial charge in [-0.15, -0.1) is 0 Å². The second-order valence-corrected chi connectivity index (χ2v) is 5.04. The van der Waals surface area contributed by atoms with Crippen molar-refractivity contribution in [2.45, 2.75) is 38.3 Å². The standard InChI is InChI=1S/C12H21N3O/c1-9(8-15(2)3)13-7-11-6-12(16-14-11)10-4-5-10/h6,9-10,13H,4-5,7-8H2,1-3H3. The quantitative estimate of drug-likeness (QED) is 0.795. The topological polar surface area (TPSA) is 41.3 Å². The van der Waals surface area contributed by atoms with Crippen LogP contribution in [0.25, 0.3) is 0 Å². The molecule has 4 heteroatoms. The van der Waals surface area contributed by atoms with Gasteiger partial charge in [0.2, 0.25) is 0 Å². The first-order chi connectivity index (χ1) is 7.65. The van der Waals surface area contributed by atoms with Crippen LogP contribution in [0.3, 0.4) is 0 Å². The van der Waals surface area contributed by atoms with E-state index in [0.717, 1.165) is 24.5 Å². The van der Waals surface area contributed by atoms with E-state index in [9.17, 15) is 0 Å². The highest BCUT2D eigenvalue weighted by molar-refractivity contribution is 5.14. The predicted octanol–water partition coefficient (Wildman–Crippen LogP) is 1.59. The van der Waals surface area contributed by atoms with E-state index >= 15 is 0 Å². The Morgan fingerprint density at radius 1 is 1.56 bits per heavy atom. The van der Waals surface area contributed by atoms with Crippen molar-refractivity contribution >= 4 is 0 Å². The molecule has 1 unspecified atom stereocenters. The molecule has 1 saturated carbocycles. The number of hydrogen-bond acceptors (Lipinski definition) is 4. The molecule has 2 rings (SSSR count). The highest BCUT2D eigenvalue weighted by Gasteiger charge is 2.27. The van der Waals surface area contributed by atoms with Gasteiger partial charge in [-0.1, -0.05) is 5.16 Å². The second kappa shape index (κ2) is 4.97. The lowest BCUT2D eigenvalue weighted by Gasteiger charge is -2.17. The minimum atomic E-state index is 0.469. The number of nitrogens with one attached hydrogen (secondary N) is 1. The van der Waals surface area contributed by atoms with E-state index in [0.29, 0.717) is 12.0 Å². The van der Waals surface area contributed by atoms with Crippen LogP contribution < -0.4 is 5.32 Å². The Hall–Kier alpha value is -0.870. The summed E-state index contributed by atoms with van der Waals surface area (Å²) < 4.78 is 5.30. The molecule has 1 aliphatic carbocycles. The van der Waals surface area contributed by atoms with Crippen molar-refractivity contribution in [2.75, 3.05) is 20.6 Å². The largest absolute Gasteiger partial charge is 0.361 e. The van der Waals surface area contributed by atoms with Gasteiger partial charge in [0.1, 0.15) is 5.76 Å². The molecule has 90 valence electrons. The van der Waals surface area contributed by atoms with Crippen LogP contribution in [-0.2, 0) is 6.54 Å². The minimum absolute atomic E-state index is 0.469. The van der Waals surface area contributed by atoms with Gasteiger partial charge in [0.25, 0.3) is 0 Å². The summed E-state index contributed by atoms with van der Waals surface area (Å²) >= 11 is 0. The minimum Gasteiger partial charge on any atom is -0.361 e. The van der Waals surface area contributed by atoms with Crippen molar-refractivity contribution in [3.8, 4) is 0 Å². The third-order valence-electron chi connectivity index (χ3n) is 2.83. The van der Waals surface area contributed by atoms with Crippen molar-refractivity contribution < 1.29 is 4.52 Å². The van der Waals surface area contributed by atoms with Gasteiger partial charge in [-0.3, -0.25) is 0 Å². The zero-order valence-electron chi connectivity index (χ0n) is 10.4. The molecule has 16 heavy (non-hydrogen) atoms. The van der Waals surface area contributed by atoms with E-state index in [-0.39, 0.29) is 0 Å². The summed E-state index contributed by atoms with van der Waals surface area (Å²) in [7, 11) is 4.17. The van der Waals surface area contributed by atoms with Crippen LogP contribution in [0.5, 0.6) is 0 Å². The van der Waals surface area contributed by atoms with E-state index < -0.39 is 0 Å². The van der Waals surface area contributed by atoms with Gasteiger partial charge in [-0.05, 0) is 33.9 Å². The highest BCUT2D eigenvalue weighted by atomic mass is 16.5. The number of likely N-dealkylation sites (N-methyl/N-ethyl adjacent to an activating group) is 1. The van der Waals surface area contributed by atoms with E-state index in [4.69, 9.17) is 4.52 Å². The molecule has 0 radical (unpaired) electrons. The van der Waals surface area contributed by atoms with Crippen molar-refractivity contribution in [1.29, 1.82) is 0 Å². The maximum absolute atomic E-state index is 5.30. The number of nitrogens with zero attached hydrogens (tertiary/aromatic N) is 2. The molecule has 1 heterocycles. The van der Waals surface area contributed by atoms with Crippen LogP contribution in [0.2, 0.25) is 0 Å². The first-order valence-electron chi connectivity index (χ1n) is 5.98. The molecule has 1 atom stereocenters. The first-order valence-corrected chi connectivity index (χ1v) is 5.98. The maximum Gasteiger partial charge on any atom is 0.140 e. The van der Waals surface area contributed by atoms with Crippen LogP contribution in [0.4, 0.5) is 0 Å². The number of aromatic nitrogens is 1.